The molecular formula is C23H33N3O3. The molecule has 1 saturated heterocycles. The molecule has 158 valence electrons. The zero-order valence-electron chi connectivity index (χ0n) is 17.7. The number of likely N-dealkylation sites (tertiary alicyclic amines) is 1. The highest BCUT2D eigenvalue weighted by molar-refractivity contribution is 5.98. The van der Waals surface area contributed by atoms with Gasteiger partial charge in [0.05, 0.1) is 6.10 Å². The predicted molar refractivity (Wildman–Crippen MR) is 115 cm³/mol. The van der Waals surface area contributed by atoms with Crippen LogP contribution in [-0.2, 0) is 9.53 Å². The van der Waals surface area contributed by atoms with Crippen LogP contribution in [0, 0.1) is 11.8 Å². The number of piperidine rings is 1. The Morgan fingerprint density at radius 1 is 1.21 bits per heavy atom. The molecule has 1 fully saturated rings. The van der Waals surface area contributed by atoms with Gasteiger partial charge in [-0.15, -0.1) is 0 Å². The highest BCUT2D eigenvalue weighted by Gasteiger charge is 2.30. The second-order valence-electron chi connectivity index (χ2n) is 8.25. The molecule has 0 saturated carbocycles. The van der Waals surface area contributed by atoms with Crippen molar-refractivity contribution in [2.45, 2.75) is 46.1 Å². The minimum Gasteiger partial charge on any atom is -0.379 e. The summed E-state index contributed by atoms with van der Waals surface area (Å²) in [4.78, 5) is 30.4. The highest BCUT2D eigenvalue weighted by Crippen LogP contribution is 2.26. The maximum atomic E-state index is 12.8. The third kappa shape index (κ3) is 5.60. The summed E-state index contributed by atoms with van der Waals surface area (Å²) >= 11 is 0. The number of carbonyl (C=O) groups excluding carboxylic acids is 2. The van der Waals surface area contributed by atoms with E-state index in [0.29, 0.717) is 37.9 Å². The Morgan fingerprint density at radius 2 is 1.93 bits per heavy atom. The molecule has 1 aromatic carbocycles. The van der Waals surface area contributed by atoms with Crippen LogP contribution in [-0.4, -0.2) is 54.0 Å². The van der Waals surface area contributed by atoms with E-state index < -0.39 is 0 Å². The molecule has 6 nitrogen and oxygen atoms in total. The number of hydrogen-bond donors (Lipinski definition) is 2. The summed E-state index contributed by atoms with van der Waals surface area (Å²) in [6.07, 6.45) is 2.77. The molecule has 0 spiro atoms. The number of benzene rings is 1. The Labute approximate surface area is 173 Å². The van der Waals surface area contributed by atoms with Crippen molar-refractivity contribution in [2.75, 3.05) is 26.2 Å². The van der Waals surface area contributed by atoms with Crippen LogP contribution in [0.5, 0.6) is 0 Å². The number of carbonyl (C=O) groups is 2. The molecule has 1 aromatic heterocycles. The van der Waals surface area contributed by atoms with Gasteiger partial charge >= 0.3 is 0 Å². The van der Waals surface area contributed by atoms with Crippen LogP contribution in [0.4, 0.5) is 0 Å². The van der Waals surface area contributed by atoms with Crippen molar-refractivity contribution in [1.29, 1.82) is 0 Å². The van der Waals surface area contributed by atoms with Gasteiger partial charge in [0.25, 0.3) is 5.91 Å². The van der Waals surface area contributed by atoms with E-state index >= 15 is 0 Å². The fraction of sp³-hybridized carbons (Fsp3) is 0.565. The van der Waals surface area contributed by atoms with Gasteiger partial charge in [0.1, 0.15) is 5.69 Å². The van der Waals surface area contributed by atoms with E-state index in [-0.39, 0.29) is 23.8 Å². The topological polar surface area (TPSA) is 74.4 Å². The minimum atomic E-state index is -0.0358. The van der Waals surface area contributed by atoms with E-state index in [4.69, 9.17) is 4.74 Å². The van der Waals surface area contributed by atoms with Crippen LogP contribution in [0.1, 0.15) is 50.5 Å². The molecule has 0 unspecified atom stereocenters. The highest BCUT2D eigenvalue weighted by atomic mass is 16.5. The Kier molecular flexibility index (Phi) is 7.31. The molecule has 2 N–H and O–H groups in total. The maximum absolute atomic E-state index is 12.8. The molecule has 0 bridgehead atoms. The van der Waals surface area contributed by atoms with Gasteiger partial charge in [0.15, 0.2) is 0 Å². The van der Waals surface area contributed by atoms with Crippen LogP contribution in [0.3, 0.4) is 0 Å². The van der Waals surface area contributed by atoms with E-state index in [1.165, 1.54) is 0 Å². The summed E-state index contributed by atoms with van der Waals surface area (Å²) in [6, 6.07) is 9.84. The quantitative estimate of drug-likeness (QED) is 0.666. The largest absolute Gasteiger partial charge is 0.379 e. The summed E-state index contributed by atoms with van der Waals surface area (Å²) < 4.78 is 5.50. The van der Waals surface area contributed by atoms with Crippen molar-refractivity contribution in [3.05, 3.63) is 36.0 Å². The second-order valence-corrected chi connectivity index (χ2v) is 8.25. The number of aromatic amines is 1. The Hall–Kier alpha value is -2.34. The van der Waals surface area contributed by atoms with Crippen molar-refractivity contribution in [1.82, 2.24) is 15.2 Å². The minimum absolute atomic E-state index is 0.0358. The summed E-state index contributed by atoms with van der Waals surface area (Å²) in [7, 11) is 0. The van der Waals surface area contributed by atoms with E-state index in [1.807, 2.05) is 56.0 Å². The van der Waals surface area contributed by atoms with Gasteiger partial charge in [-0.2, -0.15) is 0 Å². The number of para-hydroxylation sites is 1. The van der Waals surface area contributed by atoms with Crippen molar-refractivity contribution >= 4 is 22.7 Å². The first-order valence-corrected chi connectivity index (χ1v) is 10.7. The lowest BCUT2D eigenvalue weighted by Crippen LogP contribution is -2.43. The van der Waals surface area contributed by atoms with Crippen LogP contribution in [0.25, 0.3) is 10.9 Å². The first-order valence-electron chi connectivity index (χ1n) is 10.7. The molecule has 1 aliphatic heterocycles. The fourth-order valence-electron chi connectivity index (χ4n) is 3.94. The zero-order chi connectivity index (χ0) is 20.8. The molecule has 2 amide bonds. The zero-order valence-corrected chi connectivity index (χ0v) is 17.7. The summed E-state index contributed by atoms with van der Waals surface area (Å²) in [5.41, 5.74) is 1.62. The normalized spacial score (nSPS) is 16.3. The summed E-state index contributed by atoms with van der Waals surface area (Å²) in [5, 5.41) is 4.07. The second kappa shape index (κ2) is 9.92. The molecule has 1 aliphatic rings. The molecule has 2 aromatic rings. The lowest BCUT2D eigenvalue weighted by molar-refractivity contribution is -0.126. The number of rotatable bonds is 8. The average Bonchev–Trinajstić information content (AvgIpc) is 3.16. The van der Waals surface area contributed by atoms with E-state index in [2.05, 4.69) is 10.3 Å². The summed E-state index contributed by atoms with van der Waals surface area (Å²) in [5.74, 6) is 0.428. The number of ether oxygens (including phenoxy) is 1. The number of nitrogens with zero attached hydrogens (tertiary/aromatic N) is 1. The number of nitrogens with one attached hydrogen (secondary N) is 2. The van der Waals surface area contributed by atoms with Gasteiger partial charge in [-0.05, 0) is 51.2 Å². The van der Waals surface area contributed by atoms with Crippen LogP contribution in [0.15, 0.2) is 30.3 Å². The van der Waals surface area contributed by atoms with Crippen LogP contribution < -0.4 is 5.32 Å². The molecular weight excluding hydrogens is 366 g/mol. The maximum Gasteiger partial charge on any atom is 0.270 e. The Morgan fingerprint density at radius 3 is 2.62 bits per heavy atom. The van der Waals surface area contributed by atoms with Gasteiger partial charge in [-0.1, -0.05) is 25.1 Å². The van der Waals surface area contributed by atoms with Gasteiger partial charge in [0.2, 0.25) is 5.91 Å². The number of aromatic nitrogens is 1. The van der Waals surface area contributed by atoms with Gasteiger partial charge in [-0.25, -0.2) is 0 Å². The predicted octanol–water partition coefficient (Wildman–Crippen LogP) is 3.59. The Bertz CT molecular complexity index is 789. The standard InChI is InChI=1S/C23H33N3O3/c1-16(2)29-14-6-11-24-22(27)17(3)18-9-12-26(13-10-18)23(28)21-15-19-7-4-5-8-20(19)25-21/h4-5,7-8,15-18,25H,6,9-14H2,1-3H3,(H,24,27)/t17-/m1/s1. The van der Waals surface area contributed by atoms with Crippen LogP contribution >= 0.6 is 0 Å². The molecule has 3 rings (SSSR count). The third-order valence-corrected chi connectivity index (χ3v) is 5.78. The molecule has 6 heteroatoms. The molecule has 1 atom stereocenters. The average molecular weight is 400 g/mol. The first kappa shape index (κ1) is 21.4. The van der Waals surface area contributed by atoms with Gasteiger partial charge < -0.3 is 19.9 Å². The smallest absolute Gasteiger partial charge is 0.270 e. The monoisotopic (exact) mass is 399 g/mol. The molecule has 0 aliphatic carbocycles. The lowest BCUT2D eigenvalue weighted by Gasteiger charge is -2.34. The molecule has 2 heterocycles. The number of amides is 2. The van der Waals surface area contributed by atoms with Crippen molar-refractivity contribution < 1.29 is 14.3 Å². The third-order valence-electron chi connectivity index (χ3n) is 5.78. The summed E-state index contributed by atoms with van der Waals surface area (Å²) in [6.45, 7) is 8.72. The fourth-order valence-corrected chi connectivity index (χ4v) is 3.94. The molecule has 29 heavy (non-hydrogen) atoms. The van der Waals surface area contributed by atoms with Gasteiger partial charge in [-0.3, -0.25) is 9.59 Å². The Balaban J connectivity index is 1.44. The van der Waals surface area contributed by atoms with E-state index in [9.17, 15) is 9.59 Å². The van der Waals surface area contributed by atoms with Crippen molar-refractivity contribution in [3.63, 3.8) is 0 Å². The lowest BCUT2D eigenvalue weighted by atomic mass is 9.84. The number of hydrogen-bond acceptors (Lipinski definition) is 3. The molecule has 0 radical (unpaired) electrons. The van der Waals surface area contributed by atoms with Crippen molar-refractivity contribution in [3.8, 4) is 0 Å². The number of fused-ring (bicyclic) bond motifs is 1. The number of H-pyrrole nitrogens is 1. The van der Waals surface area contributed by atoms with Gasteiger partial charge in [0, 0.05) is 43.1 Å². The first-order chi connectivity index (χ1) is 14.0. The van der Waals surface area contributed by atoms with Crippen molar-refractivity contribution in [2.24, 2.45) is 11.8 Å². The van der Waals surface area contributed by atoms with E-state index in [0.717, 1.165) is 30.2 Å². The van der Waals surface area contributed by atoms with Crippen LogP contribution in [0.2, 0.25) is 0 Å². The SMILES string of the molecule is CC(C)OCCCNC(=O)[C@H](C)C1CCN(C(=O)c2cc3ccccc3[nH]2)CC1. The van der Waals surface area contributed by atoms with E-state index in [1.54, 1.807) is 0 Å².